The first kappa shape index (κ1) is 13.7. The zero-order chi connectivity index (χ0) is 12.3. The maximum absolute atomic E-state index is 5.47. The Balaban J connectivity index is 2.09. The molecule has 0 amide bonds. The third-order valence-electron chi connectivity index (χ3n) is 2.34. The Kier molecular flexibility index (Phi) is 7.09. The Morgan fingerprint density at radius 1 is 1.35 bits per heavy atom. The second-order valence-electron chi connectivity index (χ2n) is 3.82. The van der Waals surface area contributed by atoms with Crippen LogP contribution in [0, 0.1) is 0 Å². The van der Waals surface area contributed by atoms with Gasteiger partial charge in [-0.25, -0.2) is 10.8 Å². The molecule has 0 spiro atoms. The number of unbranched alkanes of at least 4 members (excludes halogenated alkanes) is 1. The van der Waals surface area contributed by atoms with Gasteiger partial charge >= 0.3 is 0 Å². The van der Waals surface area contributed by atoms with E-state index in [0.29, 0.717) is 5.82 Å². The first-order chi connectivity index (χ1) is 8.36. The van der Waals surface area contributed by atoms with Gasteiger partial charge < -0.3 is 15.5 Å². The molecule has 0 aliphatic heterocycles. The van der Waals surface area contributed by atoms with E-state index in [4.69, 9.17) is 10.6 Å². The monoisotopic (exact) mass is 238 g/mol. The van der Waals surface area contributed by atoms with E-state index >= 15 is 0 Å². The van der Waals surface area contributed by atoms with E-state index in [-0.39, 0.29) is 0 Å². The number of rotatable bonds is 9. The van der Waals surface area contributed by atoms with Crippen molar-refractivity contribution in [3.63, 3.8) is 0 Å². The number of nitrogens with zero attached hydrogens (tertiary/aromatic N) is 1. The van der Waals surface area contributed by atoms with Crippen LogP contribution in [0.3, 0.4) is 0 Å². The summed E-state index contributed by atoms with van der Waals surface area (Å²) in [5, 5.41) is 3.29. The van der Waals surface area contributed by atoms with Crippen LogP contribution in [0.2, 0.25) is 0 Å². The molecule has 0 unspecified atom stereocenters. The highest BCUT2D eigenvalue weighted by Crippen LogP contribution is 2.10. The molecule has 5 heteroatoms. The zero-order valence-corrected chi connectivity index (χ0v) is 10.4. The molecule has 0 radical (unpaired) electrons. The van der Waals surface area contributed by atoms with Crippen LogP contribution in [-0.2, 0) is 4.74 Å². The molecule has 96 valence electrons. The van der Waals surface area contributed by atoms with Gasteiger partial charge in [0.1, 0.15) is 5.82 Å². The van der Waals surface area contributed by atoms with Gasteiger partial charge in [0, 0.05) is 37.7 Å². The Hall–Kier alpha value is -1.33. The fraction of sp³-hybridized carbons (Fsp3) is 0.583. The molecule has 1 aromatic heterocycles. The van der Waals surface area contributed by atoms with Crippen LogP contribution in [0.5, 0.6) is 0 Å². The summed E-state index contributed by atoms with van der Waals surface area (Å²) >= 11 is 0. The Bertz CT molecular complexity index is 306. The minimum absolute atomic E-state index is 0.661. The van der Waals surface area contributed by atoms with Gasteiger partial charge in [0.25, 0.3) is 0 Å². The van der Waals surface area contributed by atoms with Gasteiger partial charge in [-0.3, -0.25) is 0 Å². The number of ether oxygens (including phenoxy) is 1. The van der Waals surface area contributed by atoms with Gasteiger partial charge in [-0.1, -0.05) is 13.3 Å². The number of pyridine rings is 1. The number of aromatic nitrogens is 1. The van der Waals surface area contributed by atoms with E-state index in [1.807, 2.05) is 12.1 Å². The molecule has 0 aromatic carbocycles. The SMILES string of the molecule is CCCCOCCCNc1ccnc(NN)c1. The van der Waals surface area contributed by atoms with Gasteiger partial charge in [-0.15, -0.1) is 0 Å². The first-order valence-electron chi connectivity index (χ1n) is 6.11. The number of hydrazine groups is 1. The maximum atomic E-state index is 5.47. The molecule has 0 saturated carbocycles. The summed E-state index contributed by atoms with van der Waals surface area (Å²) in [6.45, 7) is 4.73. The molecule has 1 heterocycles. The van der Waals surface area contributed by atoms with Crippen molar-refractivity contribution in [2.24, 2.45) is 5.84 Å². The molecule has 0 aliphatic rings. The van der Waals surface area contributed by atoms with Gasteiger partial charge in [0.05, 0.1) is 0 Å². The fourth-order valence-corrected chi connectivity index (χ4v) is 1.37. The molecule has 0 bridgehead atoms. The molecule has 4 N–H and O–H groups in total. The summed E-state index contributed by atoms with van der Waals surface area (Å²) < 4.78 is 5.47. The Labute approximate surface area is 103 Å². The topological polar surface area (TPSA) is 72.2 Å². The highest BCUT2D eigenvalue weighted by atomic mass is 16.5. The van der Waals surface area contributed by atoms with Crippen LogP contribution in [0.25, 0.3) is 0 Å². The van der Waals surface area contributed by atoms with Crippen molar-refractivity contribution in [3.8, 4) is 0 Å². The normalized spacial score (nSPS) is 10.2. The average Bonchev–Trinajstić information content (AvgIpc) is 2.38. The molecule has 0 aliphatic carbocycles. The van der Waals surface area contributed by atoms with Crippen LogP contribution in [-0.4, -0.2) is 24.7 Å². The Morgan fingerprint density at radius 2 is 2.18 bits per heavy atom. The number of hydrogen-bond acceptors (Lipinski definition) is 5. The van der Waals surface area contributed by atoms with E-state index in [0.717, 1.165) is 38.3 Å². The zero-order valence-electron chi connectivity index (χ0n) is 10.4. The van der Waals surface area contributed by atoms with Gasteiger partial charge in [0.2, 0.25) is 0 Å². The summed E-state index contributed by atoms with van der Waals surface area (Å²) in [4.78, 5) is 4.04. The molecule has 1 aromatic rings. The van der Waals surface area contributed by atoms with E-state index < -0.39 is 0 Å². The van der Waals surface area contributed by atoms with Crippen molar-refractivity contribution >= 4 is 11.5 Å². The van der Waals surface area contributed by atoms with Gasteiger partial charge in [-0.05, 0) is 18.9 Å². The van der Waals surface area contributed by atoms with Crippen LogP contribution in [0.15, 0.2) is 18.3 Å². The summed E-state index contributed by atoms with van der Waals surface area (Å²) in [6, 6.07) is 3.79. The predicted molar refractivity (Wildman–Crippen MR) is 70.9 cm³/mol. The van der Waals surface area contributed by atoms with Crippen molar-refractivity contribution < 1.29 is 4.74 Å². The highest BCUT2D eigenvalue weighted by molar-refractivity contribution is 5.51. The van der Waals surface area contributed by atoms with Gasteiger partial charge in [0.15, 0.2) is 0 Å². The van der Waals surface area contributed by atoms with Crippen LogP contribution >= 0.6 is 0 Å². The largest absolute Gasteiger partial charge is 0.385 e. The first-order valence-corrected chi connectivity index (χ1v) is 6.11. The fourth-order valence-electron chi connectivity index (χ4n) is 1.37. The number of anilines is 2. The lowest BCUT2D eigenvalue weighted by Crippen LogP contribution is -2.10. The van der Waals surface area contributed by atoms with Crippen molar-refractivity contribution in [3.05, 3.63) is 18.3 Å². The molecule has 0 fully saturated rings. The molecule has 0 saturated heterocycles. The molecular weight excluding hydrogens is 216 g/mol. The maximum Gasteiger partial charge on any atom is 0.141 e. The lowest BCUT2D eigenvalue weighted by Gasteiger charge is -2.08. The van der Waals surface area contributed by atoms with E-state index in [2.05, 4.69) is 22.7 Å². The molecule has 1 rings (SSSR count). The van der Waals surface area contributed by atoms with Gasteiger partial charge in [-0.2, -0.15) is 0 Å². The smallest absolute Gasteiger partial charge is 0.141 e. The third-order valence-corrected chi connectivity index (χ3v) is 2.34. The predicted octanol–water partition coefficient (Wildman–Crippen LogP) is 1.99. The number of nitrogens with one attached hydrogen (secondary N) is 2. The quantitative estimate of drug-likeness (QED) is 0.348. The summed E-state index contributed by atoms with van der Waals surface area (Å²) in [5.74, 6) is 5.94. The lowest BCUT2D eigenvalue weighted by molar-refractivity contribution is 0.131. The van der Waals surface area contributed by atoms with Crippen molar-refractivity contribution in [1.82, 2.24) is 4.98 Å². The Morgan fingerprint density at radius 3 is 2.94 bits per heavy atom. The second-order valence-corrected chi connectivity index (χ2v) is 3.82. The number of nitrogens with two attached hydrogens (primary N) is 1. The third kappa shape index (κ3) is 6.09. The molecule has 0 atom stereocenters. The standard InChI is InChI=1S/C12H22N4O/c1-2-3-8-17-9-4-6-14-11-5-7-15-12(10-11)16-13/h5,7,10H,2-4,6,8-9,13H2,1H3,(H2,14,15,16). The molecule has 5 nitrogen and oxygen atoms in total. The van der Waals surface area contributed by atoms with Crippen LogP contribution < -0.4 is 16.6 Å². The minimum Gasteiger partial charge on any atom is -0.385 e. The van der Waals surface area contributed by atoms with Crippen molar-refractivity contribution in [2.45, 2.75) is 26.2 Å². The number of hydrogen-bond donors (Lipinski definition) is 3. The summed E-state index contributed by atoms with van der Waals surface area (Å²) in [6.07, 6.45) is 5.04. The molecular formula is C12H22N4O. The van der Waals surface area contributed by atoms with E-state index in [9.17, 15) is 0 Å². The second kappa shape index (κ2) is 8.78. The van der Waals surface area contributed by atoms with Crippen molar-refractivity contribution in [1.29, 1.82) is 0 Å². The molecule has 17 heavy (non-hydrogen) atoms. The number of nitrogen functional groups attached to an aromatic ring is 1. The van der Waals surface area contributed by atoms with E-state index in [1.165, 1.54) is 6.42 Å². The van der Waals surface area contributed by atoms with Crippen LogP contribution in [0.1, 0.15) is 26.2 Å². The van der Waals surface area contributed by atoms with E-state index in [1.54, 1.807) is 6.20 Å². The summed E-state index contributed by atoms with van der Waals surface area (Å²) in [7, 11) is 0. The lowest BCUT2D eigenvalue weighted by atomic mass is 10.3. The highest BCUT2D eigenvalue weighted by Gasteiger charge is 1.95. The minimum atomic E-state index is 0.661. The van der Waals surface area contributed by atoms with Crippen molar-refractivity contribution in [2.75, 3.05) is 30.5 Å². The van der Waals surface area contributed by atoms with Crippen LogP contribution in [0.4, 0.5) is 11.5 Å². The summed E-state index contributed by atoms with van der Waals surface area (Å²) in [5.41, 5.74) is 3.53. The average molecular weight is 238 g/mol.